The van der Waals surface area contributed by atoms with Crippen LogP contribution in [0.5, 0.6) is 0 Å². The molecule has 0 saturated heterocycles. The number of aromatic carboxylic acids is 1. The van der Waals surface area contributed by atoms with Gasteiger partial charge >= 0.3 is 25.7 Å². The third-order valence-corrected chi connectivity index (χ3v) is 22.1. The van der Waals surface area contributed by atoms with Gasteiger partial charge in [-0.1, -0.05) is 94.0 Å². The SMILES string of the molecule is Cc1c(-c2ccc(-c3ccc4cccc(C(=O)Nc5nc6ccccc6s5)c4c3)nc2C(=O)O)cnn1CC12CC3(C)CC(C)(C1)CC(OCCN(CCCP(=O)(O)O)C(=O)OCc1ccc(N(C(N)=O)C(=O)[C@H](CCCN)NC(=O)[C@@H](NC(=O)CCCCCN4C(=O)C=CC4=O)C(C)C)cc1)(C3)C2. The van der Waals surface area contributed by atoms with E-state index < -0.39 is 73.2 Å². The van der Waals surface area contributed by atoms with E-state index in [0.717, 1.165) is 58.3 Å². The molecule has 104 heavy (non-hydrogen) atoms. The van der Waals surface area contributed by atoms with E-state index in [9.17, 15) is 62.6 Å². The highest BCUT2D eigenvalue weighted by atomic mass is 32.1. The number of thiazole rings is 1. The first-order chi connectivity index (χ1) is 49.4. The minimum atomic E-state index is -4.44. The van der Waals surface area contributed by atoms with E-state index >= 15 is 0 Å². The Labute approximate surface area is 605 Å². The first-order valence-corrected chi connectivity index (χ1v) is 37.7. The third kappa shape index (κ3) is 17.6. The van der Waals surface area contributed by atoms with Crippen molar-refractivity contribution in [3.05, 3.63) is 138 Å². The quantitative estimate of drug-likeness (QED) is 0.0110. The average Bonchev–Trinajstić information content (AvgIpc) is 0.766. The highest BCUT2D eigenvalue weighted by Gasteiger charge is 2.66. The fourth-order valence-electron chi connectivity index (χ4n) is 16.7. The van der Waals surface area contributed by atoms with E-state index in [1.54, 1.807) is 38.2 Å². The Kier molecular flexibility index (Phi) is 22.8. The normalized spacial score (nSPS) is 20.3. The lowest BCUT2D eigenvalue weighted by molar-refractivity contribution is -0.248. The number of anilines is 2. The number of primary amides is 1. The van der Waals surface area contributed by atoms with Gasteiger partial charge in [0.2, 0.25) is 11.8 Å². The van der Waals surface area contributed by atoms with Crippen LogP contribution < -0.4 is 32.3 Å². The summed E-state index contributed by atoms with van der Waals surface area (Å²) in [5.74, 6) is -4.70. The summed E-state index contributed by atoms with van der Waals surface area (Å²) in [6.07, 6.45) is 9.62. The average molecular weight is 1460 g/mol. The first kappa shape index (κ1) is 75.6. The van der Waals surface area contributed by atoms with Crippen molar-refractivity contribution in [2.24, 2.45) is 33.6 Å². The van der Waals surface area contributed by atoms with E-state index in [1.165, 1.54) is 52.7 Å². The Morgan fingerprint density at radius 3 is 2.21 bits per heavy atom. The van der Waals surface area contributed by atoms with Crippen LogP contribution in [0.25, 0.3) is 43.4 Å². The van der Waals surface area contributed by atoms with Crippen LogP contribution >= 0.6 is 18.9 Å². The van der Waals surface area contributed by atoms with Crippen molar-refractivity contribution in [3.63, 3.8) is 0 Å². The zero-order valence-corrected chi connectivity index (χ0v) is 60.6. The number of rotatable bonds is 32. The topological polar surface area (TPSA) is 391 Å². The van der Waals surface area contributed by atoms with Crippen LogP contribution in [-0.2, 0) is 51.2 Å². The molecule has 1 aliphatic heterocycles. The molecule has 10 N–H and O–H groups in total. The minimum Gasteiger partial charge on any atom is -0.476 e. The van der Waals surface area contributed by atoms with Crippen LogP contribution in [0.4, 0.5) is 20.4 Å². The maximum absolute atomic E-state index is 14.3. The molecular formula is C75H89N12O15PS. The number of nitrogens with one attached hydrogen (secondary N) is 3. The summed E-state index contributed by atoms with van der Waals surface area (Å²) in [7, 11) is -4.44. The number of fused-ring (bicyclic) bond motifs is 2. The highest BCUT2D eigenvalue weighted by Crippen LogP contribution is 2.72. The van der Waals surface area contributed by atoms with E-state index in [2.05, 4.69) is 34.8 Å². The van der Waals surface area contributed by atoms with Gasteiger partial charge < -0.3 is 51.4 Å². The standard InChI is InChI=1S/C75H89N12O15PS/c1-46(2)63(82-60(88)19-7-6-10-32-85-61(89)28-29-62(85)90)66(92)80-58(17-12-30-76)67(93)87(69(77)96)51-24-20-48(21-25-51)38-101-71(97)84(31-13-35-103(98,99)100)33-34-102-75-42-72(4)39-73(5,43-75)41-74(40-72,44-75)45-86-47(3)55(37-78-86)52-26-27-56(79-64(52)68(94)95)50-23-22-49-14-11-15-53(54(49)36-50)65(91)83-70-81-57-16-8-9-18-59(57)104-70/h8-9,11,14-16,18,20-29,36-37,46,58,63H,6-7,10,12-13,17,19,30-35,38-45,76H2,1-5H3,(H2,77,96)(H,80,92)(H,82,88)(H,94,95)(H,81,83,91)(H2,98,99,100)/t58-,63-,72?,73?,74?,75?/m0/s1. The number of para-hydroxylation sites is 1. The summed E-state index contributed by atoms with van der Waals surface area (Å²) in [5.41, 5.74) is 14.9. The van der Waals surface area contributed by atoms with Gasteiger partial charge in [0.05, 0.1) is 46.2 Å². The van der Waals surface area contributed by atoms with Crippen molar-refractivity contribution in [1.29, 1.82) is 0 Å². The molecule has 4 saturated carbocycles. The van der Waals surface area contributed by atoms with Crippen molar-refractivity contribution in [3.8, 4) is 22.4 Å². The number of carbonyl (C=O) groups excluding carboxylic acids is 8. The van der Waals surface area contributed by atoms with Crippen molar-refractivity contribution >= 4 is 104 Å². The summed E-state index contributed by atoms with van der Waals surface area (Å²) in [6.45, 7) is 10.6. The number of nitrogens with zero attached hydrogens (tertiary/aromatic N) is 7. The number of pyridine rings is 1. The molecular weight excluding hydrogens is 1370 g/mol. The van der Waals surface area contributed by atoms with E-state index in [0.29, 0.717) is 81.2 Å². The minimum absolute atomic E-state index is 0.0193. The van der Waals surface area contributed by atoms with E-state index in [-0.39, 0.29) is 110 Å². The monoisotopic (exact) mass is 1460 g/mol. The fraction of sp³-hybridized carbons (Fsp3) is 0.440. The van der Waals surface area contributed by atoms with Gasteiger partial charge in [-0.15, -0.1) is 0 Å². The van der Waals surface area contributed by atoms with Crippen molar-refractivity contribution in [2.75, 3.05) is 49.2 Å². The molecule has 0 radical (unpaired) electrons. The van der Waals surface area contributed by atoms with Crippen molar-refractivity contribution < 1.29 is 72.1 Å². The van der Waals surface area contributed by atoms with Gasteiger partial charge in [0.15, 0.2) is 10.8 Å². The number of aromatic nitrogens is 4. The van der Waals surface area contributed by atoms with Gasteiger partial charge in [0.1, 0.15) is 18.7 Å². The van der Waals surface area contributed by atoms with Crippen LogP contribution in [0, 0.1) is 29.1 Å². The number of imide groups is 2. The maximum atomic E-state index is 14.3. The fourth-order valence-corrected chi connectivity index (χ4v) is 18.1. The van der Waals surface area contributed by atoms with Gasteiger partial charge in [-0.3, -0.25) is 48.2 Å². The number of amides is 9. The zero-order chi connectivity index (χ0) is 74.5. The smallest absolute Gasteiger partial charge is 0.410 e. The first-order valence-electron chi connectivity index (χ1n) is 35.1. The second kappa shape index (κ2) is 31.4. The number of ether oxygens (including phenoxy) is 2. The molecule has 4 heterocycles. The van der Waals surface area contributed by atoms with Gasteiger partial charge in [-0.2, -0.15) is 5.10 Å². The van der Waals surface area contributed by atoms with Gasteiger partial charge in [0.25, 0.3) is 23.6 Å². The number of carbonyl (C=O) groups is 9. The second-order valence-electron chi connectivity index (χ2n) is 29.3. The van der Waals surface area contributed by atoms with E-state index in [1.807, 2.05) is 66.2 Å². The summed E-state index contributed by atoms with van der Waals surface area (Å²) in [5, 5.41) is 26.0. The largest absolute Gasteiger partial charge is 0.476 e. The number of carboxylic acid groups (broad SMARTS) is 1. The molecule has 0 spiro atoms. The molecule has 4 atom stereocenters. The number of benzene rings is 4. The van der Waals surface area contributed by atoms with Crippen LogP contribution in [0.15, 0.2) is 115 Å². The molecule has 4 bridgehead atoms. The molecule has 7 aromatic rings. The number of unbranched alkanes of at least 4 members (excludes halogenated alkanes) is 2. The lowest BCUT2D eigenvalue weighted by atomic mass is 9.39. The number of hydrogen-bond acceptors (Lipinski definition) is 17. The van der Waals surface area contributed by atoms with Crippen molar-refractivity contribution in [1.82, 2.24) is 40.2 Å². The molecule has 12 rings (SSSR count). The number of nitrogens with two attached hydrogens (primary N) is 2. The second-order valence-corrected chi connectivity index (χ2v) is 32.1. The summed E-state index contributed by atoms with van der Waals surface area (Å²) >= 11 is 1.38. The molecule has 4 aliphatic carbocycles. The molecule has 4 aromatic carbocycles. The molecule has 550 valence electrons. The predicted octanol–water partition coefficient (Wildman–Crippen LogP) is 10.2. The lowest BCUT2D eigenvalue weighted by Gasteiger charge is -2.69. The molecule has 3 aromatic heterocycles. The van der Waals surface area contributed by atoms with Gasteiger partial charge in [-0.05, 0) is 171 Å². The van der Waals surface area contributed by atoms with E-state index in [4.69, 9.17) is 31.0 Å². The molecule has 4 fully saturated rings. The Morgan fingerprint density at radius 1 is 0.798 bits per heavy atom. The Balaban J connectivity index is 0.723. The number of hydrogen-bond donors (Lipinski definition) is 8. The molecule has 5 aliphatic rings. The van der Waals surface area contributed by atoms with Gasteiger partial charge in [0, 0.05) is 72.7 Å². The molecule has 27 nitrogen and oxygen atoms in total. The number of carboxylic acids is 1. The Morgan fingerprint density at radius 2 is 1.53 bits per heavy atom. The van der Waals surface area contributed by atoms with Crippen LogP contribution in [0.2, 0.25) is 0 Å². The predicted molar refractivity (Wildman–Crippen MR) is 391 cm³/mol. The van der Waals surface area contributed by atoms with Crippen LogP contribution in [-0.4, -0.2) is 155 Å². The van der Waals surface area contributed by atoms with Crippen molar-refractivity contribution in [2.45, 2.75) is 149 Å². The zero-order valence-electron chi connectivity index (χ0n) is 58.9. The Hall–Kier alpha value is -9.57. The molecule has 2 unspecified atom stereocenters. The number of urea groups is 1. The highest BCUT2D eigenvalue weighted by molar-refractivity contribution is 7.51. The summed E-state index contributed by atoms with van der Waals surface area (Å²) in [4.78, 5) is 151. The third-order valence-electron chi connectivity index (χ3n) is 20.2. The summed E-state index contributed by atoms with van der Waals surface area (Å²) < 4.78 is 27.8. The maximum Gasteiger partial charge on any atom is 0.410 e. The van der Waals surface area contributed by atoms with Gasteiger partial charge in [-0.25, -0.2) is 29.3 Å². The van der Waals surface area contributed by atoms with Crippen LogP contribution in [0.3, 0.4) is 0 Å². The molecule has 9 amide bonds. The summed E-state index contributed by atoms with van der Waals surface area (Å²) in [6, 6.07) is 24.6. The lowest BCUT2D eigenvalue weighted by Crippen LogP contribution is -2.64. The van der Waals surface area contributed by atoms with Crippen LogP contribution in [0.1, 0.15) is 143 Å². The Bertz CT molecular complexity index is 4480. The molecule has 29 heteroatoms.